The molecule has 1 aromatic rings. The van der Waals surface area contributed by atoms with Gasteiger partial charge in [-0.3, -0.25) is 4.79 Å². The Hall–Kier alpha value is -1.89. The van der Waals surface area contributed by atoms with Crippen molar-refractivity contribution in [2.24, 2.45) is 0 Å². The molecule has 0 aliphatic carbocycles. The minimum atomic E-state index is -3.95. The van der Waals surface area contributed by atoms with Crippen LogP contribution in [0.5, 0.6) is 0 Å². The van der Waals surface area contributed by atoms with Gasteiger partial charge in [-0.25, -0.2) is 13.2 Å². The minimum Gasteiger partial charge on any atom is -0.467 e. The number of hydrogen-bond acceptors (Lipinski definition) is 5. The van der Waals surface area contributed by atoms with E-state index in [-0.39, 0.29) is 10.5 Å². The van der Waals surface area contributed by atoms with Gasteiger partial charge in [0.15, 0.2) is 0 Å². The third kappa shape index (κ3) is 1.59. The number of sulfone groups is 1. The zero-order chi connectivity index (χ0) is 13.5. The first-order chi connectivity index (χ1) is 8.41. The highest BCUT2D eigenvalue weighted by Gasteiger charge is 2.46. The molecule has 0 spiro atoms. The lowest BCUT2D eigenvalue weighted by atomic mass is 10.2. The maximum Gasteiger partial charge on any atom is 0.345 e. The van der Waals surface area contributed by atoms with Crippen LogP contribution in [0.3, 0.4) is 0 Å². The van der Waals surface area contributed by atoms with Crippen LogP contribution < -0.4 is 0 Å². The average Bonchev–Trinajstić information content (AvgIpc) is 2.36. The fourth-order valence-corrected chi connectivity index (χ4v) is 3.73. The molecule has 0 radical (unpaired) electrons. The Bertz CT molecular complexity index is 622. The van der Waals surface area contributed by atoms with Crippen LogP contribution in [0.4, 0.5) is 0 Å². The van der Waals surface area contributed by atoms with Gasteiger partial charge in [0.25, 0.3) is 5.91 Å². The molecule has 0 aromatic heterocycles. The van der Waals surface area contributed by atoms with Crippen molar-refractivity contribution in [1.82, 2.24) is 4.90 Å². The summed E-state index contributed by atoms with van der Waals surface area (Å²) in [7, 11) is -1.60. The number of carbonyl (C=O) groups is 2. The van der Waals surface area contributed by atoms with E-state index < -0.39 is 27.1 Å². The third-order valence-electron chi connectivity index (χ3n) is 2.79. The van der Waals surface area contributed by atoms with Crippen LogP contribution in [-0.2, 0) is 19.4 Å². The van der Waals surface area contributed by atoms with Crippen molar-refractivity contribution in [3.63, 3.8) is 0 Å². The molecule has 1 aliphatic heterocycles. The summed E-state index contributed by atoms with van der Waals surface area (Å²) in [6, 6.07) is 5.80. The summed E-state index contributed by atoms with van der Waals surface area (Å²) in [4.78, 5) is 24.3. The highest BCUT2D eigenvalue weighted by molar-refractivity contribution is 7.93. The Morgan fingerprint density at radius 2 is 1.94 bits per heavy atom. The summed E-state index contributed by atoms with van der Waals surface area (Å²) in [6.07, 6.45) is 0. The molecule has 0 saturated carbocycles. The third-order valence-corrected chi connectivity index (χ3v) is 4.86. The fourth-order valence-electron chi connectivity index (χ4n) is 1.90. The molecule has 18 heavy (non-hydrogen) atoms. The monoisotopic (exact) mass is 269 g/mol. The van der Waals surface area contributed by atoms with E-state index in [0.29, 0.717) is 0 Å². The average molecular weight is 269 g/mol. The lowest BCUT2D eigenvalue weighted by molar-refractivity contribution is -0.142. The van der Waals surface area contributed by atoms with Crippen molar-refractivity contribution in [2.75, 3.05) is 14.2 Å². The molecule has 6 nitrogen and oxygen atoms in total. The van der Waals surface area contributed by atoms with Gasteiger partial charge in [0, 0.05) is 7.05 Å². The summed E-state index contributed by atoms with van der Waals surface area (Å²) in [5.41, 5.74) is 0.0696. The first-order valence-electron chi connectivity index (χ1n) is 5.09. The molecule has 1 aliphatic rings. The predicted octanol–water partition coefficient (Wildman–Crippen LogP) is 0.0450. The molecule has 0 bridgehead atoms. The van der Waals surface area contributed by atoms with E-state index in [1.54, 1.807) is 6.07 Å². The van der Waals surface area contributed by atoms with Gasteiger partial charge in [0.2, 0.25) is 15.2 Å². The Kier molecular flexibility index (Phi) is 2.86. The molecule has 2 rings (SSSR count). The molecule has 0 saturated heterocycles. The minimum absolute atomic E-state index is 0.0696. The van der Waals surface area contributed by atoms with E-state index in [1.807, 2.05) is 0 Å². The van der Waals surface area contributed by atoms with Crippen molar-refractivity contribution in [3.8, 4) is 0 Å². The number of likely N-dealkylation sites (N-methyl/N-ethyl adjacent to an activating group) is 1. The Balaban J connectivity index is 2.71. The van der Waals surface area contributed by atoms with Crippen LogP contribution >= 0.6 is 0 Å². The number of ether oxygens (including phenoxy) is 1. The maximum absolute atomic E-state index is 12.3. The number of methoxy groups -OCH3 is 1. The summed E-state index contributed by atoms with van der Waals surface area (Å²) < 4.78 is 29.0. The van der Waals surface area contributed by atoms with Crippen molar-refractivity contribution in [2.45, 2.75) is 10.3 Å². The molecular formula is C11H11NO5S. The zero-order valence-corrected chi connectivity index (χ0v) is 10.6. The van der Waals surface area contributed by atoms with E-state index in [9.17, 15) is 18.0 Å². The van der Waals surface area contributed by atoms with Gasteiger partial charge in [-0.1, -0.05) is 12.1 Å². The van der Waals surface area contributed by atoms with E-state index in [2.05, 4.69) is 4.74 Å². The molecule has 1 aromatic carbocycles. The number of nitrogens with zero attached hydrogens (tertiary/aromatic N) is 1. The quantitative estimate of drug-likeness (QED) is 0.673. The highest BCUT2D eigenvalue weighted by Crippen LogP contribution is 2.29. The summed E-state index contributed by atoms with van der Waals surface area (Å²) in [6.45, 7) is 0. The van der Waals surface area contributed by atoms with Crippen molar-refractivity contribution < 1.29 is 22.7 Å². The largest absolute Gasteiger partial charge is 0.467 e. The van der Waals surface area contributed by atoms with Crippen molar-refractivity contribution in [3.05, 3.63) is 29.8 Å². The first-order valence-corrected chi connectivity index (χ1v) is 6.64. The van der Waals surface area contributed by atoms with Gasteiger partial charge in [-0.15, -0.1) is 0 Å². The predicted molar refractivity (Wildman–Crippen MR) is 61.5 cm³/mol. The normalized spacial score (nSPS) is 21.3. The molecule has 1 amide bonds. The van der Waals surface area contributed by atoms with Crippen LogP contribution in [0.25, 0.3) is 0 Å². The van der Waals surface area contributed by atoms with Crippen LogP contribution in [-0.4, -0.2) is 44.7 Å². The van der Waals surface area contributed by atoms with Crippen molar-refractivity contribution >= 4 is 21.7 Å². The molecule has 0 N–H and O–H groups in total. The smallest absolute Gasteiger partial charge is 0.345 e. The van der Waals surface area contributed by atoms with Crippen LogP contribution in [0, 0.1) is 0 Å². The van der Waals surface area contributed by atoms with Crippen LogP contribution in [0.2, 0.25) is 0 Å². The molecular weight excluding hydrogens is 258 g/mol. The van der Waals surface area contributed by atoms with E-state index >= 15 is 0 Å². The van der Waals surface area contributed by atoms with E-state index in [0.717, 1.165) is 12.0 Å². The molecule has 1 heterocycles. The summed E-state index contributed by atoms with van der Waals surface area (Å²) in [5, 5.41) is -1.62. The topological polar surface area (TPSA) is 80.8 Å². The number of fused-ring (bicyclic) bond motifs is 1. The van der Waals surface area contributed by atoms with Crippen LogP contribution in [0.15, 0.2) is 29.2 Å². The number of benzene rings is 1. The van der Waals surface area contributed by atoms with Gasteiger partial charge in [0.05, 0.1) is 17.6 Å². The second-order valence-corrected chi connectivity index (χ2v) is 5.81. The zero-order valence-electron chi connectivity index (χ0n) is 9.78. The number of carbonyl (C=O) groups excluding carboxylic acids is 2. The Morgan fingerprint density at radius 3 is 2.56 bits per heavy atom. The van der Waals surface area contributed by atoms with Crippen molar-refractivity contribution in [1.29, 1.82) is 0 Å². The number of rotatable bonds is 1. The van der Waals surface area contributed by atoms with Gasteiger partial charge < -0.3 is 9.64 Å². The molecule has 0 fully saturated rings. The number of esters is 1. The standard InChI is InChI=1S/C11H11NO5S/c1-12-9(13)7-5-3-4-6-8(7)18(15,16)10(12)11(14)17-2/h3-6,10H,1-2H3. The second kappa shape index (κ2) is 4.09. The van der Waals surface area contributed by atoms with E-state index in [4.69, 9.17) is 0 Å². The lowest BCUT2D eigenvalue weighted by Gasteiger charge is -2.31. The summed E-state index contributed by atoms with van der Waals surface area (Å²) >= 11 is 0. The van der Waals surface area contributed by atoms with E-state index in [1.165, 1.54) is 25.2 Å². The Morgan fingerprint density at radius 1 is 1.33 bits per heavy atom. The number of hydrogen-bond donors (Lipinski definition) is 0. The number of amides is 1. The molecule has 7 heteroatoms. The highest BCUT2D eigenvalue weighted by atomic mass is 32.2. The molecule has 1 atom stereocenters. The van der Waals surface area contributed by atoms with Gasteiger partial charge in [-0.05, 0) is 12.1 Å². The maximum atomic E-state index is 12.3. The fraction of sp³-hybridized carbons (Fsp3) is 0.273. The second-order valence-electron chi connectivity index (χ2n) is 3.83. The Labute approximate surface area is 104 Å². The van der Waals surface area contributed by atoms with Gasteiger partial charge in [0.1, 0.15) is 0 Å². The SMILES string of the molecule is COC(=O)C1N(C)C(=O)c2ccccc2S1(=O)=O. The molecule has 1 unspecified atom stereocenters. The first kappa shape index (κ1) is 12.6. The van der Waals surface area contributed by atoms with Crippen LogP contribution in [0.1, 0.15) is 10.4 Å². The van der Waals surface area contributed by atoms with Gasteiger partial charge in [-0.2, -0.15) is 0 Å². The molecule has 96 valence electrons. The summed E-state index contributed by atoms with van der Waals surface area (Å²) in [5.74, 6) is -1.49. The lowest BCUT2D eigenvalue weighted by Crippen LogP contribution is -2.51. The van der Waals surface area contributed by atoms with Gasteiger partial charge >= 0.3 is 5.97 Å².